The van der Waals surface area contributed by atoms with E-state index in [1.807, 2.05) is 30.3 Å². The summed E-state index contributed by atoms with van der Waals surface area (Å²) < 4.78 is 0. The number of hydrogen-bond acceptors (Lipinski definition) is 2. The van der Waals surface area contributed by atoms with Crippen LogP contribution in [0.5, 0.6) is 0 Å². The van der Waals surface area contributed by atoms with Gasteiger partial charge in [-0.25, -0.2) is 0 Å². The highest BCUT2D eigenvalue weighted by Gasteiger charge is 2.30. The lowest BCUT2D eigenvalue weighted by molar-refractivity contribution is -0.140. The van der Waals surface area contributed by atoms with Crippen molar-refractivity contribution in [3.05, 3.63) is 104 Å². The van der Waals surface area contributed by atoms with Crippen molar-refractivity contribution in [1.29, 1.82) is 0 Å². The highest BCUT2D eigenvalue weighted by molar-refractivity contribution is 6.42. The van der Waals surface area contributed by atoms with E-state index >= 15 is 0 Å². The highest BCUT2D eigenvalue weighted by Crippen LogP contribution is 2.26. The van der Waals surface area contributed by atoms with Crippen molar-refractivity contribution in [2.45, 2.75) is 45.2 Å². The number of carbonyl (C=O) groups is 2. The van der Waals surface area contributed by atoms with Gasteiger partial charge in [0, 0.05) is 29.6 Å². The minimum atomic E-state index is -0.744. The van der Waals surface area contributed by atoms with Crippen LogP contribution in [0.2, 0.25) is 20.1 Å². The van der Waals surface area contributed by atoms with Gasteiger partial charge < -0.3 is 10.2 Å². The molecule has 0 fully saturated rings. The minimum Gasteiger partial charge on any atom is -0.354 e. The van der Waals surface area contributed by atoms with Gasteiger partial charge in [-0.2, -0.15) is 0 Å². The molecule has 4 nitrogen and oxygen atoms in total. The normalized spacial score (nSPS) is 11.7. The monoisotopic (exact) mass is 564 g/mol. The van der Waals surface area contributed by atoms with Crippen LogP contribution in [0.3, 0.4) is 0 Å². The van der Waals surface area contributed by atoms with Crippen LogP contribution in [0.15, 0.2) is 66.7 Å². The van der Waals surface area contributed by atoms with E-state index < -0.39 is 6.04 Å². The zero-order chi connectivity index (χ0) is 26.1. The average molecular weight is 566 g/mol. The molecule has 8 heteroatoms. The lowest BCUT2D eigenvalue weighted by atomic mass is 10.0. The first kappa shape index (κ1) is 28.3. The quantitative estimate of drug-likeness (QED) is 0.246. The van der Waals surface area contributed by atoms with Crippen LogP contribution in [-0.4, -0.2) is 29.3 Å². The molecule has 0 bridgehead atoms. The molecule has 1 atom stereocenters. The third-order valence-electron chi connectivity index (χ3n) is 5.80. The first-order valence-corrected chi connectivity index (χ1v) is 13.3. The van der Waals surface area contributed by atoms with Gasteiger partial charge in [0.1, 0.15) is 6.04 Å². The zero-order valence-corrected chi connectivity index (χ0v) is 23.0. The van der Waals surface area contributed by atoms with Crippen molar-refractivity contribution in [3.8, 4) is 0 Å². The second-order valence-electron chi connectivity index (χ2n) is 8.53. The molecule has 3 aromatic carbocycles. The van der Waals surface area contributed by atoms with Gasteiger partial charge in [0.25, 0.3) is 0 Å². The third kappa shape index (κ3) is 8.14. The van der Waals surface area contributed by atoms with Crippen LogP contribution >= 0.6 is 46.4 Å². The summed E-state index contributed by atoms with van der Waals surface area (Å²) in [5, 5.41) is 4.71. The molecule has 0 saturated carbocycles. The lowest BCUT2D eigenvalue weighted by Gasteiger charge is -2.32. The Bertz CT molecular complexity index is 1190. The Balaban J connectivity index is 1.98. The maximum atomic E-state index is 13.8. The van der Waals surface area contributed by atoms with E-state index in [4.69, 9.17) is 46.4 Å². The molecule has 0 radical (unpaired) electrons. The molecule has 0 aromatic heterocycles. The Kier molecular flexibility index (Phi) is 10.9. The Hall–Kier alpha value is -2.24. The number of carbonyl (C=O) groups excluding carboxylic acids is 2. The first-order chi connectivity index (χ1) is 17.3. The summed E-state index contributed by atoms with van der Waals surface area (Å²) in [6.07, 6.45) is 2.21. The van der Waals surface area contributed by atoms with Crippen LogP contribution in [0, 0.1) is 0 Å². The molecule has 2 amide bonds. The molecule has 0 aliphatic rings. The molecule has 3 aromatic rings. The molecule has 0 aliphatic carbocycles. The topological polar surface area (TPSA) is 49.4 Å². The van der Waals surface area contributed by atoms with Gasteiger partial charge in [-0.1, -0.05) is 102 Å². The van der Waals surface area contributed by atoms with E-state index in [-0.39, 0.29) is 24.8 Å². The fraction of sp³-hybridized carbons (Fsp3) is 0.286. The second-order valence-corrected chi connectivity index (χ2v) is 10.2. The smallest absolute Gasteiger partial charge is 0.243 e. The predicted octanol–water partition coefficient (Wildman–Crippen LogP) is 7.40. The molecule has 0 heterocycles. The van der Waals surface area contributed by atoms with Gasteiger partial charge in [0.05, 0.1) is 16.5 Å². The van der Waals surface area contributed by atoms with Crippen molar-refractivity contribution in [3.63, 3.8) is 0 Å². The molecule has 0 saturated heterocycles. The van der Waals surface area contributed by atoms with Crippen molar-refractivity contribution in [2.24, 2.45) is 0 Å². The SMILES string of the molecule is CCCCNC(=O)C(Cc1ccccc1)N(Cc1ccc(Cl)cc1Cl)C(=O)Cc1ccc(Cl)c(Cl)c1. The predicted molar refractivity (Wildman–Crippen MR) is 149 cm³/mol. The number of halogens is 4. The van der Waals surface area contributed by atoms with Gasteiger partial charge in [-0.3, -0.25) is 9.59 Å². The molecule has 36 heavy (non-hydrogen) atoms. The van der Waals surface area contributed by atoms with E-state index in [1.54, 1.807) is 41.3 Å². The maximum absolute atomic E-state index is 13.8. The van der Waals surface area contributed by atoms with Gasteiger partial charge in [0.15, 0.2) is 0 Å². The van der Waals surface area contributed by atoms with Crippen LogP contribution in [0.25, 0.3) is 0 Å². The number of benzene rings is 3. The molecular weight excluding hydrogens is 538 g/mol. The summed E-state index contributed by atoms with van der Waals surface area (Å²) in [5.74, 6) is -0.439. The molecule has 0 spiro atoms. The van der Waals surface area contributed by atoms with E-state index in [0.29, 0.717) is 44.2 Å². The number of rotatable bonds is 11. The lowest BCUT2D eigenvalue weighted by Crippen LogP contribution is -2.51. The van der Waals surface area contributed by atoms with E-state index in [9.17, 15) is 9.59 Å². The fourth-order valence-electron chi connectivity index (χ4n) is 3.82. The zero-order valence-electron chi connectivity index (χ0n) is 19.9. The van der Waals surface area contributed by atoms with E-state index in [2.05, 4.69) is 12.2 Å². The summed E-state index contributed by atoms with van der Waals surface area (Å²) in [5.41, 5.74) is 2.34. The van der Waals surface area contributed by atoms with Gasteiger partial charge >= 0.3 is 0 Å². The molecule has 0 aliphatic heterocycles. The molecule has 190 valence electrons. The Labute approximate surface area is 232 Å². The Morgan fingerprint density at radius 1 is 0.861 bits per heavy atom. The summed E-state index contributed by atoms with van der Waals surface area (Å²) in [6.45, 7) is 2.75. The second kappa shape index (κ2) is 13.9. The number of hydrogen-bond donors (Lipinski definition) is 1. The first-order valence-electron chi connectivity index (χ1n) is 11.8. The maximum Gasteiger partial charge on any atom is 0.243 e. The van der Waals surface area contributed by atoms with E-state index in [0.717, 1.165) is 18.4 Å². The Morgan fingerprint density at radius 2 is 1.61 bits per heavy atom. The van der Waals surface area contributed by atoms with Gasteiger partial charge in [-0.05, 0) is 47.4 Å². The van der Waals surface area contributed by atoms with E-state index in [1.165, 1.54) is 0 Å². The Morgan fingerprint density at radius 3 is 2.28 bits per heavy atom. The number of nitrogens with zero attached hydrogens (tertiary/aromatic N) is 1. The third-order valence-corrected chi connectivity index (χ3v) is 7.12. The van der Waals surface area contributed by atoms with Crippen LogP contribution in [0.4, 0.5) is 0 Å². The van der Waals surface area contributed by atoms with Crippen LogP contribution in [0.1, 0.15) is 36.5 Å². The molecular formula is C28H28Cl4N2O2. The van der Waals surface area contributed by atoms with Gasteiger partial charge in [-0.15, -0.1) is 0 Å². The average Bonchev–Trinajstić information content (AvgIpc) is 2.85. The molecule has 1 unspecified atom stereocenters. The summed E-state index contributed by atoms with van der Waals surface area (Å²) in [4.78, 5) is 28.8. The summed E-state index contributed by atoms with van der Waals surface area (Å²) >= 11 is 24.8. The van der Waals surface area contributed by atoms with Crippen molar-refractivity contribution in [1.82, 2.24) is 10.2 Å². The van der Waals surface area contributed by atoms with Crippen molar-refractivity contribution >= 4 is 58.2 Å². The molecule has 1 N–H and O–H groups in total. The summed E-state index contributed by atoms with van der Waals surface area (Å²) in [6, 6.07) is 19.1. The van der Waals surface area contributed by atoms with Gasteiger partial charge in [0.2, 0.25) is 11.8 Å². The minimum absolute atomic E-state index is 0.0512. The van der Waals surface area contributed by atoms with Crippen molar-refractivity contribution in [2.75, 3.05) is 6.54 Å². The van der Waals surface area contributed by atoms with Crippen LogP contribution in [-0.2, 0) is 29.0 Å². The number of unbranched alkanes of at least 4 members (excludes halogenated alkanes) is 1. The van der Waals surface area contributed by atoms with Crippen molar-refractivity contribution < 1.29 is 9.59 Å². The highest BCUT2D eigenvalue weighted by atomic mass is 35.5. The molecule has 3 rings (SSSR count). The summed E-state index contributed by atoms with van der Waals surface area (Å²) in [7, 11) is 0. The number of amides is 2. The largest absolute Gasteiger partial charge is 0.354 e. The number of nitrogens with one attached hydrogen (secondary N) is 1. The standard InChI is InChI=1S/C28H28Cl4N2O2/c1-2-3-13-33-28(36)26(15-19-7-5-4-6-8-19)34(18-21-10-11-22(29)17-24(21)31)27(35)16-20-9-12-23(30)25(32)14-20/h4-12,14,17,26H,2-3,13,15-16,18H2,1H3,(H,33,36). The van der Waals surface area contributed by atoms with Crippen LogP contribution < -0.4 is 5.32 Å². The fourth-order valence-corrected chi connectivity index (χ4v) is 4.61.